The maximum absolute atomic E-state index is 14.1. The summed E-state index contributed by atoms with van der Waals surface area (Å²) in [4.78, 5) is 36.5. The first-order chi connectivity index (χ1) is 15.8. The lowest BCUT2D eigenvalue weighted by molar-refractivity contribution is -0.136. The summed E-state index contributed by atoms with van der Waals surface area (Å²) in [6.45, 7) is 3.20. The smallest absolute Gasteiger partial charge is 0.338 e. The third-order valence-electron chi connectivity index (χ3n) is 6.45. The van der Waals surface area contributed by atoms with E-state index in [1.54, 1.807) is 19.1 Å². The minimum Gasteiger partial charge on any atom is -0.466 e. The van der Waals surface area contributed by atoms with Crippen LogP contribution in [0, 0.1) is 5.82 Å². The van der Waals surface area contributed by atoms with Gasteiger partial charge in [0.25, 0.3) is 0 Å². The Morgan fingerprint density at radius 3 is 2.64 bits per heavy atom. The molecule has 1 amide bonds. The number of thioether (sulfide) groups is 1. The van der Waals surface area contributed by atoms with Crippen LogP contribution in [0.2, 0.25) is 0 Å². The third-order valence-corrected chi connectivity index (χ3v) is 7.34. The third kappa shape index (κ3) is 4.70. The Labute approximate surface area is 198 Å². The van der Waals surface area contributed by atoms with Crippen LogP contribution >= 0.6 is 11.8 Å². The number of piperidine rings is 1. The molecular formula is C24H29FN4O3S. The van der Waals surface area contributed by atoms with Crippen molar-refractivity contribution in [2.75, 3.05) is 34.3 Å². The van der Waals surface area contributed by atoms with Gasteiger partial charge in [0.05, 0.1) is 30.8 Å². The molecule has 1 saturated heterocycles. The second-order valence-corrected chi connectivity index (χ2v) is 9.53. The summed E-state index contributed by atoms with van der Waals surface area (Å²) in [5.41, 5.74) is 2.23. The molecule has 1 fully saturated rings. The zero-order valence-electron chi connectivity index (χ0n) is 19.4. The van der Waals surface area contributed by atoms with Crippen LogP contribution in [0.25, 0.3) is 0 Å². The van der Waals surface area contributed by atoms with Gasteiger partial charge in [0.15, 0.2) is 5.17 Å². The van der Waals surface area contributed by atoms with E-state index in [0.29, 0.717) is 28.0 Å². The molecule has 3 heterocycles. The van der Waals surface area contributed by atoms with Crippen molar-refractivity contribution in [1.82, 2.24) is 14.7 Å². The standard InChI is InChI=1S/C24H29FN4O3S/c1-15-21(23(31)32-4)22(16-6-5-7-17(25)12-16)29-19(14-33-24(29)26-15)13-20(30)28-10-8-18(9-11-28)27(2)3/h5-7,12,14,18,22H,8-11,13H2,1-4H3. The predicted octanol–water partition coefficient (Wildman–Crippen LogP) is 3.52. The predicted molar refractivity (Wildman–Crippen MR) is 127 cm³/mol. The van der Waals surface area contributed by atoms with Gasteiger partial charge in [-0.3, -0.25) is 4.79 Å². The van der Waals surface area contributed by atoms with Gasteiger partial charge in [-0.25, -0.2) is 14.2 Å². The van der Waals surface area contributed by atoms with Gasteiger partial charge in [-0.1, -0.05) is 23.9 Å². The van der Waals surface area contributed by atoms with Crippen LogP contribution in [0.3, 0.4) is 0 Å². The van der Waals surface area contributed by atoms with Crippen LogP contribution in [0.1, 0.15) is 37.8 Å². The summed E-state index contributed by atoms with van der Waals surface area (Å²) in [5, 5.41) is 2.58. The summed E-state index contributed by atoms with van der Waals surface area (Å²) in [6.07, 6.45) is 2.09. The van der Waals surface area contributed by atoms with E-state index in [-0.39, 0.29) is 12.3 Å². The van der Waals surface area contributed by atoms with E-state index in [9.17, 15) is 14.0 Å². The molecule has 1 aromatic carbocycles. The van der Waals surface area contributed by atoms with Gasteiger partial charge in [0.2, 0.25) is 5.91 Å². The molecule has 7 nitrogen and oxygen atoms in total. The number of amides is 1. The first-order valence-corrected chi connectivity index (χ1v) is 11.9. The van der Waals surface area contributed by atoms with Gasteiger partial charge in [0, 0.05) is 24.8 Å². The fourth-order valence-corrected chi connectivity index (χ4v) is 5.60. The van der Waals surface area contributed by atoms with Crippen LogP contribution in [-0.4, -0.2) is 72.1 Å². The minimum atomic E-state index is -0.617. The molecule has 1 aromatic rings. The van der Waals surface area contributed by atoms with Gasteiger partial charge >= 0.3 is 5.97 Å². The molecule has 0 aromatic heterocycles. The number of halogens is 1. The van der Waals surface area contributed by atoms with Crippen molar-refractivity contribution in [3.05, 3.63) is 58.0 Å². The van der Waals surface area contributed by atoms with Crippen molar-refractivity contribution in [2.24, 2.45) is 4.99 Å². The second-order valence-electron chi connectivity index (χ2n) is 8.69. The Kier molecular flexibility index (Phi) is 6.90. The number of fused-ring (bicyclic) bond motifs is 1. The molecule has 1 unspecified atom stereocenters. The van der Waals surface area contributed by atoms with Crippen LogP contribution in [0.5, 0.6) is 0 Å². The second kappa shape index (κ2) is 9.69. The van der Waals surface area contributed by atoms with Gasteiger partial charge in [-0.15, -0.1) is 0 Å². The SMILES string of the molecule is COC(=O)C1=C(C)N=C2SC=C(CC(=O)N3CCC(N(C)C)CC3)N2C1c1cccc(F)c1. The number of hydrogen-bond donors (Lipinski definition) is 0. The number of aliphatic imine (C=N–C) groups is 1. The summed E-state index contributed by atoms with van der Waals surface area (Å²) < 4.78 is 19.2. The number of likely N-dealkylation sites (tertiary alicyclic amines) is 1. The lowest BCUT2D eigenvalue weighted by Crippen LogP contribution is -2.45. The molecule has 0 aliphatic carbocycles. The largest absolute Gasteiger partial charge is 0.466 e. The highest BCUT2D eigenvalue weighted by molar-refractivity contribution is 8.16. The number of carbonyl (C=O) groups is 2. The summed E-state index contributed by atoms with van der Waals surface area (Å²) >= 11 is 1.41. The Morgan fingerprint density at radius 1 is 1.27 bits per heavy atom. The average molecular weight is 473 g/mol. The van der Waals surface area contributed by atoms with E-state index < -0.39 is 17.8 Å². The number of esters is 1. The highest BCUT2D eigenvalue weighted by Crippen LogP contribution is 2.45. The van der Waals surface area contributed by atoms with Crippen LogP contribution in [0.4, 0.5) is 4.39 Å². The highest BCUT2D eigenvalue weighted by atomic mass is 32.2. The number of nitrogens with zero attached hydrogens (tertiary/aromatic N) is 4. The maximum atomic E-state index is 14.1. The minimum absolute atomic E-state index is 0.0455. The first-order valence-electron chi connectivity index (χ1n) is 11.0. The number of benzene rings is 1. The van der Waals surface area contributed by atoms with Gasteiger partial charge in [-0.05, 0) is 57.0 Å². The van der Waals surface area contributed by atoms with Gasteiger partial charge in [0.1, 0.15) is 5.82 Å². The van der Waals surface area contributed by atoms with Crippen LogP contribution in [-0.2, 0) is 14.3 Å². The van der Waals surface area contributed by atoms with E-state index in [2.05, 4.69) is 24.0 Å². The number of methoxy groups -OCH3 is 1. The van der Waals surface area contributed by atoms with Crippen LogP contribution < -0.4 is 0 Å². The molecule has 0 bridgehead atoms. The van der Waals surface area contributed by atoms with E-state index in [1.807, 2.05) is 15.2 Å². The maximum Gasteiger partial charge on any atom is 0.338 e. The normalized spacial score (nSPS) is 21.2. The quantitative estimate of drug-likeness (QED) is 0.611. The molecule has 4 rings (SSSR count). The van der Waals surface area contributed by atoms with Gasteiger partial charge in [-0.2, -0.15) is 0 Å². The molecule has 3 aliphatic heterocycles. The monoisotopic (exact) mass is 472 g/mol. The lowest BCUT2D eigenvalue weighted by Gasteiger charge is -2.38. The number of allylic oxidation sites excluding steroid dienone is 1. The molecule has 33 heavy (non-hydrogen) atoms. The Bertz CT molecular complexity index is 1040. The highest BCUT2D eigenvalue weighted by Gasteiger charge is 2.41. The molecule has 0 radical (unpaired) electrons. The summed E-state index contributed by atoms with van der Waals surface area (Å²) in [6, 6.07) is 6.05. The van der Waals surface area contributed by atoms with Gasteiger partial charge < -0.3 is 19.4 Å². The summed E-state index contributed by atoms with van der Waals surface area (Å²) in [5.74, 6) is -0.863. The number of carbonyl (C=O) groups excluding carboxylic acids is 2. The van der Waals surface area contributed by atoms with Crippen molar-refractivity contribution in [3.63, 3.8) is 0 Å². The van der Waals surface area contributed by atoms with E-state index in [0.717, 1.165) is 31.6 Å². The van der Waals surface area contributed by atoms with Crippen molar-refractivity contribution in [1.29, 1.82) is 0 Å². The molecule has 0 saturated carbocycles. The first kappa shape index (κ1) is 23.5. The topological polar surface area (TPSA) is 65.5 Å². The van der Waals surface area contributed by atoms with Crippen LogP contribution in [0.15, 0.2) is 51.6 Å². The molecule has 176 valence electrons. The zero-order valence-corrected chi connectivity index (χ0v) is 20.2. The molecular weight excluding hydrogens is 443 g/mol. The lowest BCUT2D eigenvalue weighted by atomic mass is 9.93. The van der Waals surface area contributed by atoms with E-state index in [1.165, 1.54) is 31.0 Å². The van der Waals surface area contributed by atoms with Crippen molar-refractivity contribution in [2.45, 2.75) is 38.3 Å². The number of ether oxygens (including phenoxy) is 1. The number of rotatable bonds is 5. The molecule has 1 atom stereocenters. The van der Waals surface area contributed by atoms with Crippen molar-refractivity contribution < 1.29 is 18.7 Å². The fraction of sp³-hybridized carbons (Fsp3) is 0.458. The Morgan fingerprint density at radius 2 is 2.00 bits per heavy atom. The molecule has 0 spiro atoms. The van der Waals surface area contributed by atoms with E-state index in [4.69, 9.17) is 4.74 Å². The summed E-state index contributed by atoms with van der Waals surface area (Å²) in [7, 11) is 5.46. The molecule has 3 aliphatic rings. The molecule has 0 N–H and O–H groups in total. The average Bonchev–Trinajstić information content (AvgIpc) is 3.19. The molecule has 9 heteroatoms. The number of hydrogen-bond acceptors (Lipinski definition) is 7. The Balaban J connectivity index is 1.60. The van der Waals surface area contributed by atoms with Crippen molar-refractivity contribution >= 4 is 28.8 Å². The zero-order chi connectivity index (χ0) is 23.7. The fourth-order valence-electron chi connectivity index (χ4n) is 4.63. The number of amidine groups is 1. The van der Waals surface area contributed by atoms with E-state index >= 15 is 0 Å². The van der Waals surface area contributed by atoms with Crippen molar-refractivity contribution in [3.8, 4) is 0 Å². The Hall–Kier alpha value is -2.65.